The Balaban J connectivity index is 2.76. The molecule has 1 aliphatic rings. The maximum Gasteiger partial charge on any atom is 0.318 e. The summed E-state index contributed by atoms with van der Waals surface area (Å²) in [6.45, 7) is 0.323. The standard InChI is InChI=1S/C11H22N2O4S/c1-12(2)7-8-13(9-11(14)15)18(16,17)10-5-3-4-6-10/h10H,3-9H2,1-2H3,(H,14,15). The molecule has 0 spiro atoms. The lowest BCUT2D eigenvalue weighted by molar-refractivity contribution is -0.137. The smallest absolute Gasteiger partial charge is 0.318 e. The number of hydrogen-bond acceptors (Lipinski definition) is 4. The van der Waals surface area contributed by atoms with Gasteiger partial charge in [-0.15, -0.1) is 0 Å². The lowest BCUT2D eigenvalue weighted by Gasteiger charge is -2.25. The summed E-state index contributed by atoms with van der Waals surface area (Å²) >= 11 is 0. The number of rotatable bonds is 7. The number of likely N-dealkylation sites (N-methyl/N-ethyl adjacent to an activating group) is 1. The summed E-state index contributed by atoms with van der Waals surface area (Å²) in [5.41, 5.74) is 0. The minimum absolute atomic E-state index is 0.234. The van der Waals surface area contributed by atoms with Gasteiger partial charge < -0.3 is 10.0 Å². The molecule has 0 amide bonds. The van der Waals surface area contributed by atoms with Crippen molar-refractivity contribution in [1.29, 1.82) is 0 Å². The second-order valence-corrected chi connectivity index (χ2v) is 7.19. The molecule has 1 N–H and O–H groups in total. The first-order valence-electron chi connectivity index (χ1n) is 6.19. The molecule has 1 aliphatic carbocycles. The summed E-state index contributed by atoms with van der Waals surface area (Å²) in [5, 5.41) is 8.45. The van der Waals surface area contributed by atoms with Gasteiger partial charge in [0.2, 0.25) is 10.0 Å². The molecule has 0 aromatic rings. The van der Waals surface area contributed by atoms with Crippen molar-refractivity contribution >= 4 is 16.0 Å². The van der Waals surface area contributed by atoms with E-state index in [1.54, 1.807) is 0 Å². The van der Waals surface area contributed by atoms with E-state index in [0.717, 1.165) is 17.1 Å². The number of aliphatic carboxylic acids is 1. The Hall–Kier alpha value is -0.660. The van der Waals surface area contributed by atoms with Crippen LogP contribution in [-0.2, 0) is 14.8 Å². The minimum Gasteiger partial charge on any atom is -0.480 e. The predicted octanol–water partition coefficient (Wildman–Crippen LogP) is 0.207. The van der Waals surface area contributed by atoms with Crippen LogP contribution in [0.5, 0.6) is 0 Å². The van der Waals surface area contributed by atoms with Crippen LogP contribution in [0.4, 0.5) is 0 Å². The van der Waals surface area contributed by atoms with E-state index in [0.29, 0.717) is 19.4 Å². The molecule has 1 fully saturated rings. The molecule has 18 heavy (non-hydrogen) atoms. The van der Waals surface area contributed by atoms with E-state index in [9.17, 15) is 13.2 Å². The van der Waals surface area contributed by atoms with E-state index in [1.165, 1.54) is 0 Å². The van der Waals surface area contributed by atoms with Gasteiger partial charge in [-0.25, -0.2) is 8.42 Å². The van der Waals surface area contributed by atoms with Crippen LogP contribution in [0.3, 0.4) is 0 Å². The third-order valence-electron chi connectivity index (χ3n) is 3.19. The zero-order valence-corrected chi connectivity index (χ0v) is 11.8. The van der Waals surface area contributed by atoms with Crippen LogP contribution in [0, 0.1) is 0 Å². The Morgan fingerprint density at radius 1 is 1.22 bits per heavy atom. The number of carboxylic acid groups (broad SMARTS) is 1. The second-order valence-electron chi connectivity index (χ2n) is 4.98. The van der Waals surface area contributed by atoms with E-state index >= 15 is 0 Å². The van der Waals surface area contributed by atoms with Gasteiger partial charge in [0.05, 0.1) is 5.25 Å². The Bertz CT molecular complexity index is 375. The van der Waals surface area contributed by atoms with Crippen LogP contribution in [-0.4, -0.2) is 67.7 Å². The SMILES string of the molecule is CN(C)CCN(CC(=O)O)S(=O)(=O)C1CCCC1. The van der Waals surface area contributed by atoms with Crippen LogP contribution < -0.4 is 0 Å². The Morgan fingerprint density at radius 2 is 1.78 bits per heavy atom. The lowest BCUT2D eigenvalue weighted by Crippen LogP contribution is -2.43. The van der Waals surface area contributed by atoms with Crippen molar-refractivity contribution in [2.24, 2.45) is 0 Å². The first-order chi connectivity index (χ1) is 8.34. The molecular formula is C11H22N2O4S. The largest absolute Gasteiger partial charge is 0.480 e. The van der Waals surface area contributed by atoms with Gasteiger partial charge in [0.1, 0.15) is 6.54 Å². The molecule has 0 atom stereocenters. The van der Waals surface area contributed by atoms with Gasteiger partial charge in [-0.1, -0.05) is 12.8 Å². The van der Waals surface area contributed by atoms with E-state index in [4.69, 9.17) is 5.11 Å². The van der Waals surface area contributed by atoms with Gasteiger partial charge in [0, 0.05) is 13.1 Å². The van der Waals surface area contributed by atoms with Crippen molar-refractivity contribution in [3.8, 4) is 0 Å². The summed E-state index contributed by atoms with van der Waals surface area (Å²) in [6, 6.07) is 0. The number of sulfonamides is 1. The van der Waals surface area contributed by atoms with Crippen molar-refractivity contribution in [2.75, 3.05) is 33.7 Å². The summed E-state index contributed by atoms with van der Waals surface area (Å²) in [4.78, 5) is 12.6. The highest BCUT2D eigenvalue weighted by atomic mass is 32.2. The third-order valence-corrected chi connectivity index (χ3v) is 5.54. The summed E-state index contributed by atoms with van der Waals surface area (Å²) in [6.07, 6.45) is 3.14. The average molecular weight is 278 g/mol. The predicted molar refractivity (Wildman–Crippen MR) is 68.9 cm³/mol. The van der Waals surface area contributed by atoms with Gasteiger partial charge in [-0.05, 0) is 26.9 Å². The third kappa shape index (κ3) is 4.22. The summed E-state index contributed by atoms with van der Waals surface area (Å²) in [7, 11) is 0.203. The monoisotopic (exact) mass is 278 g/mol. The highest BCUT2D eigenvalue weighted by Gasteiger charge is 2.34. The molecular weight excluding hydrogens is 256 g/mol. The molecule has 106 valence electrons. The molecule has 0 aliphatic heterocycles. The molecule has 0 radical (unpaired) electrons. The first kappa shape index (κ1) is 15.4. The second kappa shape index (κ2) is 6.49. The molecule has 6 nitrogen and oxygen atoms in total. The minimum atomic E-state index is -3.47. The van der Waals surface area contributed by atoms with Gasteiger partial charge in [0.15, 0.2) is 0 Å². The van der Waals surface area contributed by atoms with Crippen molar-refractivity contribution < 1.29 is 18.3 Å². The van der Waals surface area contributed by atoms with Crippen molar-refractivity contribution in [2.45, 2.75) is 30.9 Å². The molecule has 1 rings (SSSR count). The van der Waals surface area contributed by atoms with E-state index in [1.807, 2.05) is 19.0 Å². The van der Waals surface area contributed by atoms with Gasteiger partial charge in [0.25, 0.3) is 0 Å². The fraction of sp³-hybridized carbons (Fsp3) is 0.909. The molecule has 1 saturated carbocycles. The van der Waals surface area contributed by atoms with Gasteiger partial charge in [-0.3, -0.25) is 4.79 Å². The molecule has 7 heteroatoms. The zero-order valence-electron chi connectivity index (χ0n) is 11.0. The highest BCUT2D eigenvalue weighted by molar-refractivity contribution is 7.89. The molecule has 0 saturated heterocycles. The number of hydrogen-bond donors (Lipinski definition) is 1. The van der Waals surface area contributed by atoms with Crippen LogP contribution >= 0.6 is 0 Å². The molecule has 0 heterocycles. The summed E-state index contributed by atoms with van der Waals surface area (Å²) < 4.78 is 25.8. The van der Waals surface area contributed by atoms with E-state index in [2.05, 4.69) is 0 Å². The number of nitrogens with zero attached hydrogens (tertiary/aromatic N) is 2. The summed E-state index contributed by atoms with van der Waals surface area (Å²) in [5.74, 6) is -1.10. The maximum atomic E-state index is 12.3. The topological polar surface area (TPSA) is 77.9 Å². The highest BCUT2D eigenvalue weighted by Crippen LogP contribution is 2.26. The number of carboxylic acids is 1. The van der Waals surface area contributed by atoms with Crippen LogP contribution in [0.25, 0.3) is 0 Å². The lowest BCUT2D eigenvalue weighted by atomic mass is 10.4. The molecule has 0 unspecified atom stereocenters. The Labute approximate surface area is 109 Å². The Morgan fingerprint density at radius 3 is 2.22 bits per heavy atom. The normalized spacial score (nSPS) is 17.8. The fourth-order valence-electron chi connectivity index (χ4n) is 2.16. The van der Waals surface area contributed by atoms with Crippen molar-refractivity contribution in [3.05, 3.63) is 0 Å². The van der Waals surface area contributed by atoms with Gasteiger partial charge in [-0.2, -0.15) is 4.31 Å². The average Bonchev–Trinajstić information content (AvgIpc) is 2.76. The zero-order chi connectivity index (χ0) is 13.8. The van der Waals surface area contributed by atoms with Gasteiger partial charge >= 0.3 is 5.97 Å². The van der Waals surface area contributed by atoms with Crippen LogP contribution in [0.2, 0.25) is 0 Å². The Kier molecular flexibility index (Phi) is 5.55. The van der Waals surface area contributed by atoms with Crippen molar-refractivity contribution in [1.82, 2.24) is 9.21 Å². The van der Waals surface area contributed by atoms with E-state index < -0.39 is 22.5 Å². The van der Waals surface area contributed by atoms with Crippen LogP contribution in [0.1, 0.15) is 25.7 Å². The number of carbonyl (C=O) groups is 1. The first-order valence-corrected chi connectivity index (χ1v) is 7.70. The molecule has 0 aromatic carbocycles. The molecule has 0 bridgehead atoms. The fourth-order valence-corrected chi connectivity index (χ4v) is 4.13. The van der Waals surface area contributed by atoms with Crippen LogP contribution in [0.15, 0.2) is 0 Å². The quantitative estimate of drug-likeness (QED) is 0.720. The molecule has 0 aromatic heterocycles. The maximum absolute atomic E-state index is 12.3. The van der Waals surface area contributed by atoms with E-state index in [-0.39, 0.29) is 11.8 Å². The van der Waals surface area contributed by atoms with Crippen molar-refractivity contribution in [3.63, 3.8) is 0 Å².